The molecule has 2 atom stereocenters. The second kappa shape index (κ2) is 8.04. The van der Waals surface area contributed by atoms with E-state index in [9.17, 15) is 0 Å². The highest BCUT2D eigenvalue weighted by Gasteiger charge is 2.52. The monoisotopic (exact) mass is 395 g/mol. The van der Waals surface area contributed by atoms with E-state index in [-0.39, 0.29) is 11.3 Å². The molecule has 0 saturated heterocycles. The van der Waals surface area contributed by atoms with Crippen molar-refractivity contribution in [1.29, 1.82) is 0 Å². The summed E-state index contributed by atoms with van der Waals surface area (Å²) in [5.74, 6) is 0.0489. The van der Waals surface area contributed by atoms with Gasteiger partial charge in [-0.3, -0.25) is 4.98 Å². The highest BCUT2D eigenvalue weighted by Crippen LogP contribution is 2.53. The van der Waals surface area contributed by atoms with Crippen molar-refractivity contribution in [2.24, 2.45) is 5.92 Å². The van der Waals surface area contributed by atoms with Gasteiger partial charge in [0.15, 0.2) is 0 Å². The average molecular weight is 396 g/mol. The van der Waals surface area contributed by atoms with Gasteiger partial charge in [0.2, 0.25) is 0 Å². The van der Waals surface area contributed by atoms with Gasteiger partial charge in [0.1, 0.15) is 5.60 Å². The molecule has 0 aliphatic heterocycles. The number of allylic oxidation sites excluding steroid dienone is 2. The van der Waals surface area contributed by atoms with E-state index < -0.39 is 5.60 Å². The molecule has 3 aromatic rings. The van der Waals surface area contributed by atoms with Crippen molar-refractivity contribution >= 4 is 5.57 Å². The van der Waals surface area contributed by atoms with Gasteiger partial charge in [-0.15, -0.1) is 0 Å². The molecule has 4 rings (SSSR count). The van der Waals surface area contributed by atoms with E-state index in [1.165, 1.54) is 16.7 Å². The van der Waals surface area contributed by atoms with Crippen LogP contribution in [-0.4, -0.2) is 12.1 Å². The minimum absolute atomic E-state index is 0.0489. The van der Waals surface area contributed by atoms with Gasteiger partial charge < -0.3 is 4.74 Å². The van der Waals surface area contributed by atoms with Crippen LogP contribution < -0.4 is 0 Å². The molecule has 1 aliphatic rings. The predicted molar refractivity (Wildman–Crippen MR) is 124 cm³/mol. The lowest BCUT2D eigenvalue weighted by atomic mass is 9.60. The van der Waals surface area contributed by atoms with E-state index in [4.69, 9.17) is 9.72 Å². The van der Waals surface area contributed by atoms with Gasteiger partial charge in [-0.25, -0.2) is 0 Å². The van der Waals surface area contributed by atoms with E-state index in [1.807, 2.05) is 25.4 Å². The number of hydrogen-bond acceptors (Lipinski definition) is 2. The number of hydrogen-bond donors (Lipinski definition) is 0. The summed E-state index contributed by atoms with van der Waals surface area (Å²) in [4.78, 5) is 4.80. The Morgan fingerprint density at radius 2 is 1.70 bits per heavy atom. The highest BCUT2D eigenvalue weighted by molar-refractivity contribution is 5.77. The molecular formula is C28H29NO. The fourth-order valence-electron chi connectivity index (χ4n) is 4.83. The molecule has 0 radical (unpaired) electrons. The average Bonchev–Trinajstić information content (AvgIpc) is 2.79. The third kappa shape index (κ3) is 3.32. The van der Waals surface area contributed by atoms with Crippen molar-refractivity contribution in [3.05, 3.63) is 120 Å². The Morgan fingerprint density at radius 3 is 2.37 bits per heavy atom. The first-order chi connectivity index (χ1) is 14.5. The minimum Gasteiger partial charge on any atom is -0.366 e. The second-order valence-corrected chi connectivity index (χ2v) is 8.55. The van der Waals surface area contributed by atoms with Gasteiger partial charge in [0.05, 0.1) is 5.69 Å². The van der Waals surface area contributed by atoms with Crippen LogP contribution in [0, 0.1) is 12.8 Å². The summed E-state index contributed by atoms with van der Waals surface area (Å²) >= 11 is 0. The Hall–Kier alpha value is -2.97. The zero-order chi connectivity index (χ0) is 21.2. The van der Waals surface area contributed by atoms with Crippen LogP contribution >= 0.6 is 0 Å². The Morgan fingerprint density at radius 1 is 0.933 bits per heavy atom. The third-order valence-electron chi connectivity index (χ3n) is 6.40. The highest BCUT2D eigenvalue weighted by atomic mass is 16.5. The molecule has 0 bridgehead atoms. The summed E-state index contributed by atoms with van der Waals surface area (Å²) in [7, 11) is 1.81. The summed E-state index contributed by atoms with van der Waals surface area (Å²) in [5.41, 5.74) is 4.86. The van der Waals surface area contributed by atoms with E-state index in [2.05, 4.69) is 99.7 Å². The molecule has 152 valence electrons. The summed E-state index contributed by atoms with van der Waals surface area (Å²) in [6.45, 7) is 6.73. The molecule has 1 aliphatic carbocycles. The summed E-state index contributed by atoms with van der Waals surface area (Å²) < 4.78 is 6.51. The first kappa shape index (κ1) is 20.3. The van der Waals surface area contributed by atoms with E-state index in [0.29, 0.717) is 0 Å². The molecule has 0 spiro atoms. The molecule has 0 saturated carbocycles. The zero-order valence-electron chi connectivity index (χ0n) is 18.2. The molecule has 0 N–H and O–H groups in total. The molecule has 0 amide bonds. The van der Waals surface area contributed by atoms with Crippen LogP contribution in [0.15, 0.2) is 97.2 Å². The van der Waals surface area contributed by atoms with Crippen molar-refractivity contribution in [2.45, 2.75) is 31.8 Å². The van der Waals surface area contributed by atoms with Gasteiger partial charge in [-0.2, -0.15) is 0 Å². The second-order valence-electron chi connectivity index (χ2n) is 8.55. The lowest BCUT2D eigenvalue weighted by Gasteiger charge is -2.48. The van der Waals surface area contributed by atoms with Crippen molar-refractivity contribution in [1.82, 2.24) is 4.98 Å². The zero-order valence-corrected chi connectivity index (χ0v) is 18.2. The maximum absolute atomic E-state index is 6.51. The Balaban J connectivity index is 1.97. The fraction of sp³-hybridized carbons (Fsp3) is 0.250. The van der Waals surface area contributed by atoms with E-state index in [1.54, 1.807) is 0 Å². The van der Waals surface area contributed by atoms with Gasteiger partial charge in [0, 0.05) is 19.2 Å². The lowest BCUT2D eigenvalue weighted by molar-refractivity contribution is -0.0242. The molecule has 2 unspecified atom stereocenters. The summed E-state index contributed by atoms with van der Waals surface area (Å²) in [5, 5.41) is 0. The van der Waals surface area contributed by atoms with Crippen molar-refractivity contribution in [3.8, 4) is 0 Å². The van der Waals surface area contributed by atoms with Crippen LogP contribution in [-0.2, 0) is 15.8 Å². The normalized spacial score (nSPS) is 21.3. The number of methoxy groups -OCH3 is 1. The standard InChI is InChI=1S/C28H29NO/c1-21-12-10-13-22(20-21)24-16-11-17-25(27(2,3)23-14-6-5-7-15-23)28(24,30-4)26-18-8-9-19-29-26/h5-20,25H,1-4H3. The first-order valence-corrected chi connectivity index (χ1v) is 10.5. The quantitative estimate of drug-likeness (QED) is 0.493. The molecule has 0 fully saturated rings. The summed E-state index contributed by atoms with van der Waals surface area (Å²) in [6.07, 6.45) is 8.50. The number of pyridine rings is 1. The molecule has 1 aromatic heterocycles. The number of nitrogens with zero attached hydrogens (tertiary/aromatic N) is 1. The maximum Gasteiger partial charge on any atom is 0.142 e. The summed E-state index contributed by atoms with van der Waals surface area (Å²) in [6, 6.07) is 25.4. The van der Waals surface area contributed by atoms with Gasteiger partial charge >= 0.3 is 0 Å². The van der Waals surface area contributed by atoms with Crippen molar-refractivity contribution < 1.29 is 4.74 Å². The predicted octanol–water partition coefficient (Wildman–Crippen LogP) is 6.48. The number of ether oxygens (including phenoxy) is 1. The fourth-order valence-corrected chi connectivity index (χ4v) is 4.83. The number of aryl methyl sites for hydroxylation is 1. The Bertz CT molecular complexity index is 1070. The van der Waals surface area contributed by atoms with Gasteiger partial charge in [-0.05, 0) is 41.2 Å². The Labute approximate surface area is 180 Å². The third-order valence-corrected chi connectivity index (χ3v) is 6.40. The maximum atomic E-state index is 6.51. The van der Waals surface area contributed by atoms with Crippen LogP contribution in [0.4, 0.5) is 0 Å². The van der Waals surface area contributed by atoms with Crippen LogP contribution in [0.3, 0.4) is 0 Å². The van der Waals surface area contributed by atoms with Crippen molar-refractivity contribution in [2.75, 3.05) is 7.11 Å². The smallest absolute Gasteiger partial charge is 0.142 e. The lowest BCUT2D eigenvalue weighted by Crippen LogP contribution is -2.48. The molecule has 30 heavy (non-hydrogen) atoms. The molecule has 2 aromatic carbocycles. The first-order valence-electron chi connectivity index (χ1n) is 10.5. The molecule has 2 nitrogen and oxygen atoms in total. The Kier molecular flexibility index (Phi) is 5.44. The minimum atomic E-state index is -0.705. The van der Waals surface area contributed by atoms with E-state index >= 15 is 0 Å². The van der Waals surface area contributed by atoms with E-state index in [0.717, 1.165) is 11.3 Å². The van der Waals surface area contributed by atoms with Gasteiger partial charge in [-0.1, -0.05) is 98.3 Å². The SMILES string of the molecule is COC1(c2ccccn2)C(c2cccc(C)c2)=CC=CC1C(C)(C)c1ccccc1. The largest absolute Gasteiger partial charge is 0.366 e. The topological polar surface area (TPSA) is 22.1 Å². The molecular weight excluding hydrogens is 366 g/mol. The number of aromatic nitrogens is 1. The number of rotatable bonds is 5. The van der Waals surface area contributed by atoms with Gasteiger partial charge in [0.25, 0.3) is 0 Å². The van der Waals surface area contributed by atoms with Crippen LogP contribution in [0.1, 0.15) is 36.2 Å². The van der Waals surface area contributed by atoms with Crippen LogP contribution in [0.5, 0.6) is 0 Å². The van der Waals surface area contributed by atoms with Crippen LogP contribution in [0.2, 0.25) is 0 Å². The van der Waals surface area contributed by atoms with Crippen molar-refractivity contribution in [3.63, 3.8) is 0 Å². The number of benzene rings is 2. The molecule has 2 heteroatoms. The van der Waals surface area contributed by atoms with Crippen LogP contribution in [0.25, 0.3) is 5.57 Å². The molecule has 1 heterocycles.